The number of hydrogen-bond acceptors (Lipinski definition) is 1. The second-order valence-corrected chi connectivity index (χ2v) is 4.10. The van der Waals surface area contributed by atoms with Gasteiger partial charge in [-0.2, -0.15) is 0 Å². The van der Waals surface area contributed by atoms with Gasteiger partial charge >= 0.3 is 0 Å². The summed E-state index contributed by atoms with van der Waals surface area (Å²) < 4.78 is 0. The highest BCUT2D eigenvalue weighted by molar-refractivity contribution is 6.32. The van der Waals surface area contributed by atoms with E-state index in [2.05, 4.69) is 0 Å². The molecule has 1 aromatic rings. The Labute approximate surface area is 93.0 Å². The van der Waals surface area contributed by atoms with E-state index >= 15 is 0 Å². The Morgan fingerprint density at radius 2 is 2.21 bits per heavy atom. The molecule has 14 heavy (non-hydrogen) atoms. The standard InChI is InChI=1S/C10H11Cl2NO/c1-6-2-3-8(11)7(4-6)5-9(12)10(13)14/h2-4,9H,5H2,1H3,(H2,13,14). The molecular weight excluding hydrogens is 221 g/mol. The van der Waals surface area contributed by atoms with Crippen molar-refractivity contribution in [3.05, 3.63) is 34.3 Å². The summed E-state index contributed by atoms with van der Waals surface area (Å²) in [6.45, 7) is 1.95. The van der Waals surface area contributed by atoms with Crippen LogP contribution in [0, 0.1) is 6.92 Å². The maximum atomic E-state index is 10.7. The van der Waals surface area contributed by atoms with Crippen LogP contribution in [0.25, 0.3) is 0 Å². The van der Waals surface area contributed by atoms with Crippen molar-refractivity contribution in [2.45, 2.75) is 18.7 Å². The summed E-state index contributed by atoms with van der Waals surface area (Å²) in [5.74, 6) is -0.524. The highest BCUT2D eigenvalue weighted by Crippen LogP contribution is 2.20. The Morgan fingerprint density at radius 3 is 2.79 bits per heavy atom. The first-order valence-electron chi connectivity index (χ1n) is 4.19. The monoisotopic (exact) mass is 231 g/mol. The van der Waals surface area contributed by atoms with Crippen molar-refractivity contribution in [2.75, 3.05) is 0 Å². The summed E-state index contributed by atoms with van der Waals surface area (Å²) in [5, 5.41) is -0.0863. The van der Waals surface area contributed by atoms with E-state index in [9.17, 15) is 4.79 Å². The molecule has 76 valence electrons. The number of carbonyl (C=O) groups excluding carboxylic acids is 1. The summed E-state index contributed by atoms with van der Waals surface area (Å²) in [6.07, 6.45) is 0.372. The Bertz CT molecular complexity index is 352. The average Bonchev–Trinajstić information content (AvgIpc) is 2.11. The van der Waals surface area contributed by atoms with Crippen LogP contribution in [0.5, 0.6) is 0 Å². The fourth-order valence-corrected chi connectivity index (χ4v) is 1.51. The van der Waals surface area contributed by atoms with Crippen LogP contribution in [0.2, 0.25) is 5.02 Å². The molecule has 1 rings (SSSR count). The van der Waals surface area contributed by atoms with Crippen molar-refractivity contribution in [1.82, 2.24) is 0 Å². The maximum absolute atomic E-state index is 10.7. The number of nitrogens with two attached hydrogens (primary N) is 1. The number of benzene rings is 1. The number of primary amides is 1. The van der Waals surface area contributed by atoms with E-state index in [1.165, 1.54) is 0 Å². The van der Waals surface area contributed by atoms with Gasteiger partial charge < -0.3 is 5.73 Å². The van der Waals surface area contributed by atoms with E-state index in [1.54, 1.807) is 6.07 Å². The third kappa shape index (κ3) is 2.89. The third-order valence-corrected chi connectivity index (χ3v) is 2.65. The number of rotatable bonds is 3. The van der Waals surface area contributed by atoms with Gasteiger partial charge in [-0.3, -0.25) is 4.79 Å². The summed E-state index contributed by atoms with van der Waals surface area (Å²) >= 11 is 11.7. The van der Waals surface area contributed by atoms with Crippen LogP contribution in [0.15, 0.2) is 18.2 Å². The van der Waals surface area contributed by atoms with E-state index in [0.29, 0.717) is 11.4 Å². The molecule has 0 spiro atoms. The third-order valence-electron chi connectivity index (χ3n) is 1.91. The fraction of sp³-hybridized carbons (Fsp3) is 0.300. The lowest BCUT2D eigenvalue weighted by Crippen LogP contribution is -2.25. The molecule has 0 aliphatic heterocycles. The second kappa shape index (κ2) is 4.67. The number of amides is 1. The first kappa shape index (κ1) is 11.3. The van der Waals surface area contributed by atoms with Gasteiger partial charge in [-0.15, -0.1) is 11.6 Å². The molecule has 0 aromatic heterocycles. The van der Waals surface area contributed by atoms with Crippen molar-refractivity contribution in [1.29, 1.82) is 0 Å². The maximum Gasteiger partial charge on any atom is 0.235 e. The van der Waals surface area contributed by atoms with Gasteiger partial charge in [-0.05, 0) is 25.0 Å². The van der Waals surface area contributed by atoms with Gasteiger partial charge in [-0.1, -0.05) is 29.3 Å². The van der Waals surface area contributed by atoms with Gasteiger partial charge in [-0.25, -0.2) is 0 Å². The molecule has 0 aliphatic carbocycles. The first-order chi connectivity index (χ1) is 6.50. The minimum atomic E-state index is -0.700. The zero-order valence-electron chi connectivity index (χ0n) is 7.76. The molecule has 1 atom stereocenters. The quantitative estimate of drug-likeness (QED) is 0.798. The smallest absolute Gasteiger partial charge is 0.235 e. The van der Waals surface area contributed by atoms with E-state index in [1.807, 2.05) is 19.1 Å². The predicted molar refractivity (Wildman–Crippen MR) is 58.7 cm³/mol. The van der Waals surface area contributed by atoms with E-state index in [4.69, 9.17) is 28.9 Å². The molecule has 2 nitrogen and oxygen atoms in total. The Morgan fingerprint density at radius 1 is 1.57 bits per heavy atom. The van der Waals surface area contributed by atoms with Crippen LogP contribution < -0.4 is 5.73 Å². The minimum absolute atomic E-state index is 0.372. The van der Waals surface area contributed by atoms with Crippen molar-refractivity contribution in [3.8, 4) is 0 Å². The minimum Gasteiger partial charge on any atom is -0.368 e. The number of halogens is 2. The molecule has 1 aromatic carbocycles. The first-order valence-corrected chi connectivity index (χ1v) is 5.00. The highest BCUT2D eigenvalue weighted by Gasteiger charge is 2.13. The molecule has 0 aliphatic rings. The molecule has 0 radical (unpaired) electrons. The van der Waals surface area contributed by atoms with Crippen LogP contribution in [0.1, 0.15) is 11.1 Å². The van der Waals surface area contributed by atoms with Gasteiger partial charge in [0.25, 0.3) is 0 Å². The molecule has 0 heterocycles. The van der Waals surface area contributed by atoms with Crippen molar-refractivity contribution >= 4 is 29.1 Å². The molecule has 2 N–H and O–H groups in total. The number of alkyl halides is 1. The van der Waals surface area contributed by atoms with Crippen molar-refractivity contribution in [2.24, 2.45) is 5.73 Å². The van der Waals surface area contributed by atoms with Crippen molar-refractivity contribution in [3.63, 3.8) is 0 Å². The predicted octanol–water partition coefficient (Wildman–Crippen LogP) is 2.28. The van der Waals surface area contributed by atoms with Crippen LogP contribution in [-0.4, -0.2) is 11.3 Å². The topological polar surface area (TPSA) is 43.1 Å². The van der Waals surface area contributed by atoms with E-state index < -0.39 is 11.3 Å². The van der Waals surface area contributed by atoms with Gasteiger partial charge in [0, 0.05) is 5.02 Å². The number of carbonyl (C=O) groups is 1. The van der Waals surface area contributed by atoms with Crippen LogP contribution >= 0.6 is 23.2 Å². The van der Waals surface area contributed by atoms with Gasteiger partial charge in [0.1, 0.15) is 5.38 Å². The molecule has 1 amide bonds. The SMILES string of the molecule is Cc1ccc(Cl)c(CC(Cl)C(N)=O)c1. The average molecular weight is 232 g/mol. The highest BCUT2D eigenvalue weighted by atomic mass is 35.5. The zero-order valence-corrected chi connectivity index (χ0v) is 9.27. The number of aryl methyl sites for hydroxylation is 1. The zero-order chi connectivity index (χ0) is 10.7. The Kier molecular flexibility index (Phi) is 3.78. The second-order valence-electron chi connectivity index (χ2n) is 3.17. The summed E-state index contributed by atoms with van der Waals surface area (Å²) in [5.41, 5.74) is 6.99. The summed E-state index contributed by atoms with van der Waals surface area (Å²) in [7, 11) is 0. The molecular formula is C10H11Cl2NO. The Hall–Kier alpha value is -0.730. The molecule has 4 heteroatoms. The fourth-order valence-electron chi connectivity index (χ4n) is 1.15. The molecule has 0 saturated heterocycles. The summed E-state index contributed by atoms with van der Waals surface area (Å²) in [4.78, 5) is 10.7. The molecule has 0 bridgehead atoms. The molecule has 0 fully saturated rings. The van der Waals surface area contributed by atoms with E-state index in [-0.39, 0.29) is 0 Å². The number of hydrogen-bond donors (Lipinski definition) is 1. The van der Waals surface area contributed by atoms with Gasteiger partial charge in [0.15, 0.2) is 0 Å². The van der Waals surface area contributed by atoms with Gasteiger partial charge in [0.05, 0.1) is 0 Å². The van der Waals surface area contributed by atoms with E-state index in [0.717, 1.165) is 11.1 Å². The Balaban J connectivity index is 2.85. The lowest BCUT2D eigenvalue weighted by molar-refractivity contribution is -0.117. The normalized spacial score (nSPS) is 12.5. The lowest BCUT2D eigenvalue weighted by atomic mass is 10.1. The van der Waals surface area contributed by atoms with Crippen LogP contribution in [0.3, 0.4) is 0 Å². The molecule has 0 saturated carbocycles. The summed E-state index contributed by atoms with van der Waals surface area (Å²) in [6, 6.07) is 5.59. The van der Waals surface area contributed by atoms with Crippen LogP contribution in [-0.2, 0) is 11.2 Å². The molecule has 1 unspecified atom stereocenters. The van der Waals surface area contributed by atoms with Crippen LogP contribution in [0.4, 0.5) is 0 Å². The largest absolute Gasteiger partial charge is 0.368 e. The van der Waals surface area contributed by atoms with Crippen molar-refractivity contribution < 1.29 is 4.79 Å². The van der Waals surface area contributed by atoms with Gasteiger partial charge in [0.2, 0.25) is 5.91 Å². The lowest BCUT2D eigenvalue weighted by Gasteiger charge is -2.07.